The molecule has 0 bridgehead atoms. The van der Waals surface area contributed by atoms with E-state index in [4.69, 9.17) is 17.0 Å². The van der Waals surface area contributed by atoms with Gasteiger partial charge in [-0.05, 0) is 48.1 Å². The van der Waals surface area contributed by atoms with Gasteiger partial charge in [-0.25, -0.2) is 4.98 Å². The van der Waals surface area contributed by atoms with Crippen molar-refractivity contribution >= 4 is 56.9 Å². The maximum absolute atomic E-state index is 5.50. The lowest BCUT2D eigenvalue weighted by atomic mass is 10.1. The topological polar surface area (TPSA) is 58.5 Å². The van der Waals surface area contributed by atoms with E-state index in [2.05, 4.69) is 39.5 Å². The van der Waals surface area contributed by atoms with Crippen LogP contribution >= 0.6 is 35.3 Å². The van der Waals surface area contributed by atoms with Crippen molar-refractivity contribution in [1.82, 2.24) is 15.7 Å². The van der Waals surface area contributed by atoms with E-state index in [9.17, 15) is 0 Å². The summed E-state index contributed by atoms with van der Waals surface area (Å²) >= 11 is 8.52. The van der Waals surface area contributed by atoms with Crippen molar-refractivity contribution in [2.75, 3.05) is 13.7 Å². The van der Waals surface area contributed by atoms with Gasteiger partial charge in [0.1, 0.15) is 5.75 Å². The summed E-state index contributed by atoms with van der Waals surface area (Å²) in [5.41, 5.74) is 5.87. The van der Waals surface area contributed by atoms with Crippen LogP contribution < -0.4 is 15.5 Å². The maximum Gasteiger partial charge on any atom is 0.187 e. The smallest absolute Gasteiger partial charge is 0.187 e. The van der Waals surface area contributed by atoms with Crippen molar-refractivity contribution in [1.29, 1.82) is 0 Å². The van der Waals surface area contributed by atoms with Gasteiger partial charge in [-0.2, -0.15) is 5.10 Å². The Bertz CT molecular complexity index is 967. The molecular weight excluding hydrogens is 408 g/mol. The standard InChI is InChI=1S/C20H20N4OS3/c1-3-10-21-19(26)24-22-12-14-8-9-17(25-2)15(11-14)13-27-20-23-16-6-4-5-7-18(16)28-20/h3-9,11-12H,1,10,13H2,2H3,(H2,21,24,26)/b22-12-. The Labute approximate surface area is 177 Å². The number of benzene rings is 2. The van der Waals surface area contributed by atoms with E-state index in [1.165, 1.54) is 4.70 Å². The number of nitrogens with one attached hydrogen (secondary N) is 2. The fourth-order valence-electron chi connectivity index (χ4n) is 2.41. The van der Waals surface area contributed by atoms with Crippen LogP contribution in [0.4, 0.5) is 0 Å². The maximum atomic E-state index is 5.50. The summed E-state index contributed by atoms with van der Waals surface area (Å²) in [6, 6.07) is 14.1. The first kappa shape index (κ1) is 20.3. The predicted molar refractivity (Wildman–Crippen MR) is 124 cm³/mol. The summed E-state index contributed by atoms with van der Waals surface area (Å²) in [6.07, 6.45) is 3.46. The second-order valence-electron chi connectivity index (χ2n) is 5.68. The number of hydrazone groups is 1. The molecule has 0 unspecified atom stereocenters. The number of hydrogen-bond donors (Lipinski definition) is 2. The van der Waals surface area contributed by atoms with Crippen LogP contribution in [0, 0.1) is 0 Å². The molecule has 3 aromatic rings. The van der Waals surface area contributed by atoms with Crippen LogP contribution in [-0.4, -0.2) is 30.0 Å². The number of rotatable bonds is 8. The van der Waals surface area contributed by atoms with E-state index in [-0.39, 0.29) is 0 Å². The average Bonchev–Trinajstić information content (AvgIpc) is 3.14. The van der Waals surface area contributed by atoms with E-state index in [0.717, 1.165) is 32.5 Å². The van der Waals surface area contributed by atoms with E-state index in [0.29, 0.717) is 11.7 Å². The number of aromatic nitrogens is 1. The molecule has 0 atom stereocenters. The van der Waals surface area contributed by atoms with Crippen LogP contribution in [0.2, 0.25) is 0 Å². The Morgan fingerprint density at radius 2 is 2.21 bits per heavy atom. The van der Waals surface area contributed by atoms with Crippen molar-refractivity contribution in [3.05, 3.63) is 66.2 Å². The summed E-state index contributed by atoms with van der Waals surface area (Å²) in [7, 11) is 1.68. The van der Waals surface area contributed by atoms with Crippen LogP contribution in [0.15, 0.2) is 64.6 Å². The van der Waals surface area contributed by atoms with Crippen LogP contribution in [-0.2, 0) is 5.75 Å². The minimum absolute atomic E-state index is 0.455. The van der Waals surface area contributed by atoms with Crippen molar-refractivity contribution in [3.63, 3.8) is 0 Å². The molecule has 2 N–H and O–H groups in total. The molecule has 0 radical (unpaired) electrons. The van der Waals surface area contributed by atoms with E-state index >= 15 is 0 Å². The first-order chi connectivity index (χ1) is 13.7. The second kappa shape index (κ2) is 10.2. The zero-order valence-corrected chi connectivity index (χ0v) is 17.8. The number of thioether (sulfide) groups is 1. The number of nitrogens with zero attached hydrogens (tertiary/aromatic N) is 2. The summed E-state index contributed by atoms with van der Waals surface area (Å²) in [5.74, 6) is 1.61. The highest BCUT2D eigenvalue weighted by Gasteiger charge is 2.08. The molecule has 0 saturated carbocycles. The molecule has 2 aromatic carbocycles. The van der Waals surface area contributed by atoms with Gasteiger partial charge in [0, 0.05) is 17.9 Å². The lowest BCUT2D eigenvalue weighted by molar-refractivity contribution is 0.411. The van der Waals surface area contributed by atoms with E-state index in [1.807, 2.05) is 30.3 Å². The monoisotopic (exact) mass is 428 g/mol. The van der Waals surface area contributed by atoms with Gasteiger partial charge in [0.05, 0.1) is 23.5 Å². The summed E-state index contributed by atoms with van der Waals surface area (Å²) in [4.78, 5) is 4.68. The van der Waals surface area contributed by atoms with Gasteiger partial charge in [0.25, 0.3) is 0 Å². The van der Waals surface area contributed by atoms with E-state index < -0.39 is 0 Å². The van der Waals surface area contributed by atoms with Gasteiger partial charge in [0.2, 0.25) is 0 Å². The summed E-state index contributed by atoms with van der Waals surface area (Å²) < 4.78 is 7.75. The molecule has 0 aliphatic rings. The molecule has 0 fully saturated rings. The normalized spacial score (nSPS) is 10.9. The number of methoxy groups -OCH3 is 1. The lowest BCUT2D eigenvalue weighted by Crippen LogP contribution is -2.31. The first-order valence-electron chi connectivity index (χ1n) is 8.52. The molecule has 0 aliphatic heterocycles. The molecule has 0 saturated heterocycles. The molecule has 1 aromatic heterocycles. The molecule has 3 rings (SSSR count). The Balaban J connectivity index is 1.66. The van der Waals surface area contributed by atoms with Gasteiger partial charge in [-0.3, -0.25) is 5.43 Å². The van der Waals surface area contributed by atoms with E-state index in [1.54, 1.807) is 42.5 Å². The number of ether oxygens (including phenoxy) is 1. The molecule has 144 valence electrons. The summed E-state index contributed by atoms with van der Waals surface area (Å²) in [6.45, 7) is 4.23. The third kappa shape index (κ3) is 5.54. The largest absolute Gasteiger partial charge is 0.496 e. The molecule has 8 heteroatoms. The molecule has 0 aliphatic carbocycles. The summed E-state index contributed by atoms with van der Waals surface area (Å²) in [5, 5.41) is 7.58. The number of thiazole rings is 1. The third-order valence-electron chi connectivity index (χ3n) is 3.72. The first-order valence-corrected chi connectivity index (χ1v) is 10.7. The van der Waals surface area contributed by atoms with Gasteiger partial charge >= 0.3 is 0 Å². The molecule has 0 spiro atoms. The number of thiocarbonyl (C=S) groups is 1. The quantitative estimate of drug-likeness (QED) is 0.180. The van der Waals surface area contributed by atoms with Crippen molar-refractivity contribution in [2.24, 2.45) is 5.10 Å². The van der Waals surface area contributed by atoms with Crippen LogP contribution in [0.25, 0.3) is 10.2 Å². The molecule has 28 heavy (non-hydrogen) atoms. The van der Waals surface area contributed by atoms with Crippen molar-refractivity contribution in [2.45, 2.75) is 10.1 Å². The number of fused-ring (bicyclic) bond motifs is 1. The van der Waals surface area contributed by atoms with Crippen molar-refractivity contribution < 1.29 is 4.74 Å². The second-order valence-corrected chi connectivity index (χ2v) is 8.34. The van der Waals surface area contributed by atoms with Gasteiger partial charge in [0.15, 0.2) is 9.45 Å². The number of hydrogen-bond acceptors (Lipinski definition) is 6. The zero-order valence-electron chi connectivity index (χ0n) is 15.3. The van der Waals surface area contributed by atoms with Gasteiger partial charge in [-0.15, -0.1) is 17.9 Å². The highest BCUT2D eigenvalue weighted by atomic mass is 32.2. The molecule has 5 nitrogen and oxygen atoms in total. The van der Waals surface area contributed by atoms with Crippen LogP contribution in [0.5, 0.6) is 5.75 Å². The fraction of sp³-hybridized carbons (Fsp3) is 0.150. The Morgan fingerprint density at radius 3 is 3.00 bits per heavy atom. The van der Waals surface area contributed by atoms with Crippen molar-refractivity contribution in [3.8, 4) is 5.75 Å². The highest BCUT2D eigenvalue weighted by Crippen LogP contribution is 2.33. The third-order valence-corrected chi connectivity index (χ3v) is 6.18. The van der Waals surface area contributed by atoms with Crippen LogP contribution in [0.1, 0.15) is 11.1 Å². The predicted octanol–water partition coefficient (Wildman–Crippen LogP) is 4.58. The highest BCUT2D eigenvalue weighted by molar-refractivity contribution is 8.00. The fourth-order valence-corrected chi connectivity index (χ4v) is 4.60. The SMILES string of the molecule is C=CCNC(=S)N/N=C\c1ccc(OC)c(CSc2nc3ccccc3s2)c1. The lowest BCUT2D eigenvalue weighted by Gasteiger charge is -2.08. The zero-order chi connectivity index (χ0) is 19.8. The minimum atomic E-state index is 0.455. The molecule has 1 heterocycles. The van der Waals surface area contributed by atoms with Gasteiger partial charge in [-0.1, -0.05) is 30.0 Å². The minimum Gasteiger partial charge on any atom is -0.496 e. The average molecular weight is 429 g/mol. The van der Waals surface area contributed by atoms with Crippen LogP contribution in [0.3, 0.4) is 0 Å². The van der Waals surface area contributed by atoms with Gasteiger partial charge < -0.3 is 10.1 Å². The Morgan fingerprint density at radius 1 is 1.36 bits per heavy atom. The number of para-hydroxylation sites is 1. The molecular formula is C20H20N4OS3. The Kier molecular flexibility index (Phi) is 7.41. The molecule has 0 amide bonds. The Hall–Kier alpha value is -2.42.